The molecule has 1 atom stereocenters. The van der Waals surface area contributed by atoms with E-state index in [9.17, 15) is 0 Å². The van der Waals surface area contributed by atoms with Gasteiger partial charge in [-0.25, -0.2) is 0 Å². The van der Waals surface area contributed by atoms with Crippen LogP contribution in [0.25, 0.3) is 0 Å². The third-order valence-electron chi connectivity index (χ3n) is 3.59. The molecule has 2 aromatic rings. The van der Waals surface area contributed by atoms with Crippen LogP contribution in [0, 0.1) is 0 Å². The molecule has 0 aliphatic carbocycles. The van der Waals surface area contributed by atoms with Crippen molar-refractivity contribution in [3.05, 3.63) is 46.2 Å². The number of aryl methyl sites for hydroxylation is 2. The summed E-state index contributed by atoms with van der Waals surface area (Å²) in [7, 11) is 1.66. The highest BCUT2D eigenvalue weighted by Gasteiger charge is 2.16. The van der Waals surface area contributed by atoms with Gasteiger partial charge in [0.15, 0.2) is 0 Å². The monoisotopic (exact) mass is 307 g/mol. The van der Waals surface area contributed by atoms with E-state index in [0.29, 0.717) is 11.4 Å². The Morgan fingerprint density at radius 1 is 1.33 bits per heavy atom. The number of hydrogen-bond donors (Lipinski definition) is 1. The summed E-state index contributed by atoms with van der Waals surface area (Å²) in [6, 6.07) is 7.56. The molecule has 0 spiro atoms. The van der Waals surface area contributed by atoms with Crippen LogP contribution in [-0.2, 0) is 19.4 Å². The molecule has 0 bridgehead atoms. The van der Waals surface area contributed by atoms with Gasteiger partial charge < -0.3 is 10.5 Å². The molecule has 4 nitrogen and oxygen atoms in total. The Hall–Kier alpha value is -1.52. The minimum atomic E-state index is -0.134. The van der Waals surface area contributed by atoms with Gasteiger partial charge >= 0.3 is 0 Å². The zero-order chi connectivity index (χ0) is 15.4. The fourth-order valence-corrected chi connectivity index (χ4v) is 2.65. The lowest BCUT2D eigenvalue weighted by atomic mass is 10.0. The SMILES string of the molecule is CCc1cc(C(N)Cc2cc(Cl)ccc2OC)n(CC)n1. The molecule has 0 radical (unpaired) electrons. The molecule has 0 aliphatic rings. The smallest absolute Gasteiger partial charge is 0.122 e. The first-order chi connectivity index (χ1) is 10.1. The molecule has 2 N–H and O–H groups in total. The van der Waals surface area contributed by atoms with E-state index < -0.39 is 0 Å². The van der Waals surface area contributed by atoms with Gasteiger partial charge in [0.25, 0.3) is 0 Å². The Labute approximate surface area is 130 Å². The summed E-state index contributed by atoms with van der Waals surface area (Å²) in [6.45, 7) is 4.98. The van der Waals surface area contributed by atoms with Gasteiger partial charge in [-0.1, -0.05) is 18.5 Å². The maximum Gasteiger partial charge on any atom is 0.122 e. The predicted octanol–water partition coefficient (Wildman–Crippen LogP) is 3.37. The fraction of sp³-hybridized carbons (Fsp3) is 0.438. The molecule has 2 rings (SSSR count). The minimum Gasteiger partial charge on any atom is -0.496 e. The largest absolute Gasteiger partial charge is 0.496 e. The average Bonchev–Trinajstić information content (AvgIpc) is 2.91. The van der Waals surface area contributed by atoms with Gasteiger partial charge in [0.1, 0.15) is 5.75 Å². The quantitative estimate of drug-likeness (QED) is 0.890. The Morgan fingerprint density at radius 3 is 2.71 bits per heavy atom. The van der Waals surface area contributed by atoms with Crippen LogP contribution in [0.5, 0.6) is 5.75 Å². The highest BCUT2D eigenvalue weighted by Crippen LogP contribution is 2.27. The third kappa shape index (κ3) is 3.57. The Kier molecular flexibility index (Phi) is 5.26. The number of hydrogen-bond acceptors (Lipinski definition) is 3. The molecular formula is C16H22ClN3O. The molecule has 1 aromatic carbocycles. The van der Waals surface area contributed by atoms with Crippen molar-refractivity contribution in [1.82, 2.24) is 9.78 Å². The maximum absolute atomic E-state index is 6.39. The summed E-state index contributed by atoms with van der Waals surface area (Å²) in [5, 5.41) is 5.24. The van der Waals surface area contributed by atoms with E-state index in [1.807, 2.05) is 22.9 Å². The molecule has 0 saturated heterocycles. The second kappa shape index (κ2) is 6.96. The highest BCUT2D eigenvalue weighted by atomic mass is 35.5. The maximum atomic E-state index is 6.39. The molecule has 1 aromatic heterocycles. The van der Waals surface area contributed by atoms with Crippen LogP contribution in [0.3, 0.4) is 0 Å². The summed E-state index contributed by atoms with van der Waals surface area (Å²) < 4.78 is 7.36. The first-order valence-electron chi connectivity index (χ1n) is 7.23. The fourth-order valence-electron chi connectivity index (χ4n) is 2.46. The molecule has 5 heteroatoms. The lowest BCUT2D eigenvalue weighted by Crippen LogP contribution is -2.18. The first-order valence-corrected chi connectivity index (χ1v) is 7.61. The van der Waals surface area contributed by atoms with E-state index in [-0.39, 0.29) is 6.04 Å². The average molecular weight is 308 g/mol. The van der Waals surface area contributed by atoms with E-state index in [0.717, 1.165) is 35.7 Å². The Morgan fingerprint density at radius 2 is 2.10 bits per heavy atom. The Bertz CT molecular complexity index is 610. The summed E-state index contributed by atoms with van der Waals surface area (Å²) in [4.78, 5) is 0. The van der Waals surface area contributed by atoms with E-state index >= 15 is 0 Å². The van der Waals surface area contributed by atoms with Crippen LogP contribution in [-0.4, -0.2) is 16.9 Å². The number of nitrogens with zero attached hydrogens (tertiary/aromatic N) is 2. The molecule has 0 amide bonds. The first kappa shape index (κ1) is 15.9. The predicted molar refractivity (Wildman–Crippen MR) is 85.9 cm³/mol. The van der Waals surface area contributed by atoms with Crippen molar-refractivity contribution in [3.8, 4) is 5.75 Å². The molecular weight excluding hydrogens is 286 g/mol. The molecule has 21 heavy (non-hydrogen) atoms. The number of halogens is 1. The summed E-state index contributed by atoms with van der Waals surface area (Å²) >= 11 is 6.07. The number of methoxy groups -OCH3 is 1. The molecule has 0 fully saturated rings. The second-order valence-electron chi connectivity index (χ2n) is 5.00. The van der Waals surface area contributed by atoms with Crippen LogP contribution in [0.1, 0.15) is 36.8 Å². The Balaban J connectivity index is 2.27. The van der Waals surface area contributed by atoms with Gasteiger partial charge in [-0.2, -0.15) is 5.10 Å². The zero-order valence-electron chi connectivity index (χ0n) is 12.8. The molecule has 0 saturated carbocycles. The van der Waals surface area contributed by atoms with Crippen molar-refractivity contribution < 1.29 is 4.74 Å². The van der Waals surface area contributed by atoms with Crippen molar-refractivity contribution in [1.29, 1.82) is 0 Å². The lowest BCUT2D eigenvalue weighted by molar-refractivity contribution is 0.407. The van der Waals surface area contributed by atoms with Crippen molar-refractivity contribution >= 4 is 11.6 Å². The minimum absolute atomic E-state index is 0.134. The number of rotatable bonds is 6. The van der Waals surface area contributed by atoms with Crippen LogP contribution in [0.4, 0.5) is 0 Å². The van der Waals surface area contributed by atoms with E-state index in [1.165, 1.54) is 0 Å². The third-order valence-corrected chi connectivity index (χ3v) is 3.82. The number of aromatic nitrogens is 2. The normalized spacial score (nSPS) is 12.4. The van der Waals surface area contributed by atoms with Crippen LogP contribution in [0.15, 0.2) is 24.3 Å². The van der Waals surface area contributed by atoms with E-state index in [2.05, 4.69) is 25.0 Å². The number of ether oxygens (including phenoxy) is 1. The standard InChI is InChI=1S/C16H22ClN3O/c1-4-13-10-15(20(5-2)19-13)14(18)9-11-8-12(17)6-7-16(11)21-3/h6-8,10,14H,4-5,9,18H2,1-3H3. The summed E-state index contributed by atoms with van der Waals surface area (Å²) in [5.41, 5.74) is 9.52. The van der Waals surface area contributed by atoms with Crippen LogP contribution >= 0.6 is 11.6 Å². The molecule has 0 aliphatic heterocycles. The van der Waals surface area contributed by atoms with Crippen molar-refractivity contribution in [2.75, 3.05) is 7.11 Å². The van der Waals surface area contributed by atoms with E-state index in [1.54, 1.807) is 7.11 Å². The second-order valence-corrected chi connectivity index (χ2v) is 5.43. The van der Waals surface area contributed by atoms with Crippen molar-refractivity contribution in [3.63, 3.8) is 0 Å². The molecule has 114 valence electrons. The van der Waals surface area contributed by atoms with Gasteiger partial charge in [-0.3, -0.25) is 4.68 Å². The van der Waals surface area contributed by atoms with Crippen molar-refractivity contribution in [2.45, 2.75) is 39.3 Å². The van der Waals surface area contributed by atoms with Crippen molar-refractivity contribution in [2.24, 2.45) is 5.73 Å². The van der Waals surface area contributed by atoms with Crippen LogP contribution < -0.4 is 10.5 Å². The lowest BCUT2D eigenvalue weighted by Gasteiger charge is -2.15. The van der Waals surface area contributed by atoms with Gasteiger partial charge in [0.05, 0.1) is 24.5 Å². The van der Waals surface area contributed by atoms with Gasteiger partial charge in [-0.15, -0.1) is 0 Å². The number of nitrogens with two attached hydrogens (primary N) is 1. The summed E-state index contributed by atoms with van der Waals surface area (Å²) in [5.74, 6) is 0.813. The molecule has 1 heterocycles. The van der Waals surface area contributed by atoms with Gasteiger partial charge in [0, 0.05) is 11.6 Å². The topological polar surface area (TPSA) is 53.1 Å². The van der Waals surface area contributed by atoms with E-state index in [4.69, 9.17) is 22.1 Å². The highest BCUT2D eigenvalue weighted by molar-refractivity contribution is 6.30. The van der Waals surface area contributed by atoms with Gasteiger partial charge in [-0.05, 0) is 49.6 Å². The van der Waals surface area contributed by atoms with Crippen LogP contribution in [0.2, 0.25) is 5.02 Å². The van der Waals surface area contributed by atoms with Gasteiger partial charge in [0.2, 0.25) is 0 Å². The number of benzene rings is 1. The molecule has 1 unspecified atom stereocenters. The zero-order valence-corrected chi connectivity index (χ0v) is 13.5. The summed E-state index contributed by atoms with van der Waals surface area (Å²) in [6.07, 6.45) is 1.58.